The molecule has 0 spiro atoms. The van der Waals surface area contributed by atoms with Gasteiger partial charge in [-0.05, 0) is 38.8 Å². The zero-order chi connectivity index (χ0) is 11.4. The maximum atomic E-state index is 10.7. The molecule has 16 heavy (non-hydrogen) atoms. The lowest BCUT2D eigenvalue weighted by atomic mass is 10.00. The Morgan fingerprint density at radius 1 is 1.06 bits per heavy atom. The van der Waals surface area contributed by atoms with Crippen LogP contribution in [0, 0.1) is 0 Å². The van der Waals surface area contributed by atoms with Crippen LogP contribution >= 0.6 is 0 Å². The van der Waals surface area contributed by atoms with Crippen LogP contribution in [0.4, 0.5) is 0 Å². The summed E-state index contributed by atoms with van der Waals surface area (Å²) in [5.74, 6) is -0.448. The predicted octanol–water partition coefficient (Wildman–Crippen LogP) is 0.746. The number of piperidine rings is 2. The van der Waals surface area contributed by atoms with E-state index in [9.17, 15) is 4.79 Å². The fraction of sp³-hybridized carbons (Fsp3) is 0.917. The summed E-state index contributed by atoms with van der Waals surface area (Å²) >= 11 is 0. The van der Waals surface area contributed by atoms with Crippen LogP contribution in [-0.4, -0.2) is 54.5 Å². The van der Waals surface area contributed by atoms with E-state index in [4.69, 9.17) is 5.73 Å². The first kappa shape index (κ1) is 11.9. The van der Waals surface area contributed by atoms with Gasteiger partial charge in [0.05, 0.1) is 6.54 Å². The molecule has 2 rings (SSSR count). The molecule has 2 aliphatic rings. The molecule has 0 aromatic rings. The molecule has 0 aromatic heterocycles. The van der Waals surface area contributed by atoms with Gasteiger partial charge < -0.3 is 4.90 Å². The summed E-state index contributed by atoms with van der Waals surface area (Å²) in [5, 5.41) is 0. The number of amides is 1. The molecular weight excluding hydrogens is 202 g/mol. The van der Waals surface area contributed by atoms with Crippen molar-refractivity contribution < 1.29 is 4.79 Å². The average molecular weight is 224 g/mol. The second kappa shape index (κ2) is 5.64. The highest BCUT2D eigenvalue weighted by atomic mass is 16.1. The molecule has 2 heterocycles. The van der Waals surface area contributed by atoms with Gasteiger partial charge in [0.15, 0.2) is 0 Å². The minimum atomic E-state index is -0.448. The van der Waals surface area contributed by atoms with Gasteiger partial charge in [-0.2, -0.15) is 0 Å². The van der Waals surface area contributed by atoms with Crippen molar-refractivity contribution in [2.24, 2.45) is 0 Å². The molecule has 4 heteroatoms. The van der Waals surface area contributed by atoms with Crippen molar-refractivity contribution in [1.29, 1.82) is 0 Å². The molecular formula is C12H22N3O. The van der Waals surface area contributed by atoms with Crippen molar-refractivity contribution in [3.8, 4) is 0 Å². The van der Waals surface area contributed by atoms with Crippen LogP contribution < -0.4 is 5.73 Å². The maximum Gasteiger partial charge on any atom is 0.252 e. The van der Waals surface area contributed by atoms with Gasteiger partial charge in [0.2, 0.25) is 0 Å². The van der Waals surface area contributed by atoms with Crippen molar-refractivity contribution in [3.63, 3.8) is 0 Å². The van der Waals surface area contributed by atoms with Crippen molar-refractivity contribution in [2.75, 3.05) is 32.7 Å². The van der Waals surface area contributed by atoms with Crippen LogP contribution in [0.15, 0.2) is 0 Å². The Morgan fingerprint density at radius 2 is 1.69 bits per heavy atom. The number of nitrogens with zero attached hydrogens (tertiary/aromatic N) is 2. The fourth-order valence-electron chi connectivity index (χ4n) is 2.93. The Bertz CT molecular complexity index is 230. The lowest BCUT2D eigenvalue weighted by Crippen LogP contribution is -2.47. The van der Waals surface area contributed by atoms with Crippen molar-refractivity contribution in [2.45, 2.75) is 38.1 Å². The topological polar surface area (TPSA) is 47.4 Å². The molecule has 4 nitrogen and oxygen atoms in total. The third kappa shape index (κ3) is 3.19. The van der Waals surface area contributed by atoms with Gasteiger partial charge in [-0.3, -0.25) is 15.4 Å². The van der Waals surface area contributed by atoms with Crippen LogP contribution in [0.2, 0.25) is 0 Å². The van der Waals surface area contributed by atoms with Crippen LogP contribution in [0.5, 0.6) is 0 Å². The lowest BCUT2D eigenvalue weighted by molar-refractivity contribution is -0.120. The fourth-order valence-corrected chi connectivity index (χ4v) is 2.93. The summed E-state index contributed by atoms with van der Waals surface area (Å²) in [4.78, 5) is 15.5. The summed E-state index contributed by atoms with van der Waals surface area (Å²) in [5.41, 5.74) is 6.97. The Balaban J connectivity index is 1.73. The molecule has 1 N–H and O–H groups in total. The molecule has 1 radical (unpaired) electrons. The number of carbonyl (C=O) groups is 1. The lowest BCUT2D eigenvalue weighted by Gasteiger charge is -2.39. The van der Waals surface area contributed by atoms with Gasteiger partial charge in [-0.25, -0.2) is 0 Å². The van der Waals surface area contributed by atoms with Gasteiger partial charge in [0, 0.05) is 19.1 Å². The quantitative estimate of drug-likeness (QED) is 0.710. The monoisotopic (exact) mass is 224 g/mol. The van der Waals surface area contributed by atoms with Gasteiger partial charge in [-0.15, -0.1) is 0 Å². The largest absolute Gasteiger partial charge is 0.300 e. The van der Waals surface area contributed by atoms with Crippen molar-refractivity contribution >= 4 is 5.91 Å². The van der Waals surface area contributed by atoms with Gasteiger partial charge in [-0.1, -0.05) is 6.42 Å². The van der Waals surface area contributed by atoms with Crippen molar-refractivity contribution in [3.05, 3.63) is 0 Å². The van der Waals surface area contributed by atoms with Crippen LogP contribution in [0.3, 0.4) is 0 Å². The maximum absolute atomic E-state index is 10.7. The van der Waals surface area contributed by atoms with Crippen LogP contribution in [-0.2, 0) is 4.79 Å². The molecule has 2 aliphatic heterocycles. The molecule has 2 fully saturated rings. The second-order valence-electron chi connectivity index (χ2n) is 5.03. The first-order chi connectivity index (χ1) is 7.75. The van der Waals surface area contributed by atoms with E-state index in [0.29, 0.717) is 6.54 Å². The predicted molar refractivity (Wildman–Crippen MR) is 63.0 cm³/mol. The third-order valence-electron chi connectivity index (χ3n) is 3.83. The normalized spacial score (nSPS) is 25.8. The number of rotatable bonds is 3. The molecule has 2 saturated heterocycles. The van der Waals surface area contributed by atoms with E-state index in [1.807, 2.05) is 0 Å². The number of carbonyl (C=O) groups excluding carboxylic acids is 1. The summed E-state index contributed by atoms with van der Waals surface area (Å²) in [6, 6.07) is 0.734. The Morgan fingerprint density at radius 3 is 2.25 bits per heavy atom. The van der Waals surface area contributed by atoms with E-state index < -0.39 is 5.91 Å². The molecule has 0 bridgehead atoms. The molecule has 1 amide bonds. The summed E-state index contributed by atoms with van der Waals surface area (Å²) in [6.07, 6.45) is 6.44. The average Bonchev–Trinajstić information content (AvgIpc) is 2.30. The molecule has 0 aliphatic carbocycles. The van der Waals surface area contributed by atoms with Crippen LogP contribution in [0.1, 0.15) is 32.1 Å². The van der Waals surface area contributed by atoms with E-state index in [1.165, 1.54) is 45.2 Å². The first-order valence-electron chi connectivity index (χ1n) is 6.46. The van der Waals surface area contributed by atoms with Gasteiger partial charge >= 0.3 is 0 Å². The first-order valence-corrected chi connectivity index (χ1v) is 6.46. The Hall–Kier alpha value is -0.610. The minimum Gasteiger partial charge on any atom is -0.300 e. The highest BCUT2D eigenvalue weighted by molar-refractivity contribution is 5.75. The number of nitrogens with one attached hydrogen (secondary N) is 1. The summed E-state index contributed by atoms with van der Waals surface area (Å²) < 4.78 is 0. The van der Waals surface area contributed by atoms with Gasteiger partial charge in [0.25, 0.3) is 5.91 Å². The number of likely N-dealkylation sites (tertiary alicyclic amines) is 2. The molecule has 0 atom stereocenters. The second-order valence-corrected chi connectivity index (χ2v) is 5.03. The molecule has 0 aromatic carbocycles. The molecule has 0 saturated carbocycles. The minimum absolute atomic E-state index is 0.326. The Kier molecular flexibility index (Phi) is 4.18. The smallest absolute Gasteiger partial charge is 0.252 e. The summed E-state index contributed by atoms with van der Waals surface area (Å²) in [7, 11) is 0. The van der Waals surface area contributed by atoms with E-state index in [0.717, 1.165) is 19.1 Å². The third-order valence-corrected chi connectivity index (χ3v) is 3.83. The van der Waals surface area contributed by atoms with E-state index in [1.54, 1.807) is 0 Å². The zero-order valence-electron chi connectivity index (χ0n) is 9.95. The van der Waals surface area contributed by atoms with Crippen LogP contribution in [0.25, 0.3) is 0 Å². The molecule has 91 valence electrons. The number of hydrogen-bond donors (Lipinski definition) is 0. The van der Waals surface area contributed by atoms with E-state index in [2.05, 4.69) is 9.80 Å². The highest BCUT2D eigenvalue weighted by Crippen LogP contribution is 2.20. The zero-order valence-corrected chi connectivity index (χ0v) is 9.95. The SMILES string of the molecule is [NH]C(=O)CN1CCC(N2CCCCC2)CC1. The standard InChI is InChI=1S/C12H22N3O/c13-12(16)10-14-8-4-11(5-9-14)15-6-2-1-3-7-15/h11,13H,1-10H2. The van der Waals surface area contributed by atoms with Crippen molar-refractivity contribution in [1.82, 2.24) is 15.5 Å². The van der Waals surface area contributed by atoms with Gasteiger partial charge in [0.1, 0.15) is 0 Å². The van der Waals surface area contributed by atoms with E-state index in [-0.39, 0.29) is 0 Å². The summed E-state index contributed by atoms with van der Waals surface area (Å²) in [6.45, 7) is 4.84. The highest BCUT2D eigenvalue weighted by Gasteiger charge is 2.25. The molecule has 0 unspecified atom stereocenters. The number of hydrogen-bond acceptors (Lipinski definition) is 3. The van der Waals surface area contributed by atoms with E-state index >= 15 is 0 Å². The Labute approximate surface area is 97.8 Å².